The third kappa shape index (κ3) is 4.05. The van der Waals surface area contributed by atoms with Crippen LogP contribution in [0.15, 0.2) is 42.1 Å². The van der Waals surface area contributed by atoms with Crippen LogP contribution in [-0.4, -0.2) is 30.5 Å². The van der Waals surface area contributed by atoms with Gasteiger partial charge in [0.15, 0.2) is 15.7 Å². The number of amides is 1. The molecule has 1 amide bonds. The molecular weight excluding hydrogens is 326 g/mol. The fourth-order valence-electron chi connectivity index (χ4n) is 2.25. The van der Waals surface area contributed by atoms with Crippen molar-refractivity contribution in [1.82, 2.24) is 9.97 Å². The molecule has 0 spiro atoms. The molecule has 7 heteroatoms. The number of hydrogen-bond donors (Lipinski definition) is 1. The number of aryl methyl sites for hydroxylation is 1. The van der Waals surface area contributed by atoms with Crippen LogP contribution in [0, 0.1) is 6.92 Å². The summed E-state index contributed by atoms with van der Waals surface area (Å²) >= 11 is 0. The van der Waals surface area contributed by atoms with Crippen molar-refractivity contribution in [2.24, 2.45) is 0 Å². The lowest BCUT2D eigenvalue weighted by atomic mass is 9.98. The first-order valence-corrected chi connectivity index (χ1v) is 9.17. The van der Waals surface area contributed by atoms with Gasteiger partial charge in [-0.15, -0.1) is 0 Å². The minimum Gasteiger partial charge on any atom is -0.309 e. The SMILES string of the molecule is C=Cc1cnc(NC(=O)[C@H](C)c2ccc(S(C)(=O)=O)c(C)c2)cn1. The summed E-state index contributed by atoms with van der Waals surface area (Å²) in [7, 11) is -3.28. The first kappa shape index (κ1) is 17.8. The Balaban J connectivity index is 2.18. The number of hydrogen-bond acceptors (Lipinski definition) is 5. The van der Waals surface area contributed by atoms with Crippen molar-refractivity contribution < 1.29 is 13.2 Å². The number of sulfone groups is 1. The van der Waals surface area contributed by atoms with Crippen molar-refractivity contribution in [3.63, 3.8) is 0 Å². The molecule has 1 atom stereocenters. The summed E-state index contributed by atoms with van der Waals surface area (Å²) in [6.45, 7) is 7.05. The van der Waals surface area contributed by atoms with Crippen LogP contribution in [0.4, 0.5) is 5.82 Å². The van der Waals surface area contributed by atoms with Crippen molar-refractivity contribution in [2.75, 3.05) is 11.6 Å². The van der Waals surface area contributed by atoms with Gasteiger partial charge in [0.25, 0.3) is 0 Å². The van der Waals surface area contributed by atoms with Gasteiger partial charge >= 0.3 is 0 Å². The maximum Gasteiger partial charge on any atom is 0.232 e. The van der Waals surface area contributed by atoms with Crippen LogP contribution in [0.2, 0.25) is 0 Å². The second kappa shape index (κ2) is 6.92. The largest absolute Gasteiger partial charge is 0.309 e. The Labute approximate surface area is 141 Å². The molecule has 0 unspecified atom stereocenters. The molecule has 0 aliphatic heterocycles. The van der Waals surface area contributed by atoms with Crippen LogP contribution in [0.5, 0.6) is 0 Å². The zero-order valence-corrected chi connectivity index (χ0v) is 14.6. The van der Waals surface area contributed by atoms with Crippen LogP contribution in [0.25, 0.3) is 6.08 Å². The normalized spacial score (nSPS) is 12.5. The van der Waals surface area contributed by atoms with E-state index in [2.05, 4.69) is 21.9 Å². The molecule has 2 rings (SSSR count). The molecule has 0 aliphatic rings. The first-order valence-electron chi connectivity index (χ1n) is 7.28. The molecule has 0 bridgehead atoms. The van der Waals surface area contributed by atoms with E-state index in [1.54, 1.807) is 32.1 Å². The summed E-state index contributed by atoms with van der Waals surface area (Å²) in [5.41, 5.74) is 1.96. The van der Waals surface area contributed by atoms with Crippen LogP contribution >= 0.6 is 0 Å². The Kier molecular flexibility index (Phi) is 5.14. The third-order valence-corrected chi connectivity index (χ3v) is 4.88. The van der Waals surface area contributed by atoms with Crippen LogP contribution in [-0.2, 0) is 14.6 Å². The van der Waals surface area contributed by atoms with Gasteiger partial charge in [0.2, 0.25) is 5.91 Å². The van der Waals surface area contributed by atoms with E-state index in [9.17, 15) is 13.2 Å². The van der Waals surface area contributed by atoms with Crippen LogP contribution in [0.1, 0.15) is 29.7 Å². The van der Waals surface area contributed by atoms with Crippen molar-refractivity contribution in [3.8, 4) is 0 Å². The van der Waals surface area contributed by atoms with E-state index >= 15 is 0 Å². The molecule has 0 saturated carbocycles. The zero-order valence-electron chi connectivity index (χ0n) is 13.8. The summed E-state index contributed by atoms with van der Waals surface area (Å²) in [6, 6.07) is 4.90. The molecule has 1 aromatic heterocycles. The van der Waals surface area contributed by atoms with Gasteiger partial charge in [0.1, 0.15) is 0 Å². The van der Waals surface area contributed by atoms with Crippen LogP contribution in [0.3, 0.4) is 0 Å². The Morgan fingerprint density at radius 1 is 1.29 bits per heavy atom. The number of nitrogens with one attached hydrogen (secondary N) is 1. The lowest BCUT2D eigenvalue weighted by Crippen LogP contribution is -2.20. The summed E-state index contributed by atoms with van der Waals surface area (Å²) in [5.74, 6) is -0.359. The van der Waals surface area contributed by atoms with E-state index in [1.807, 2.05) is 0 Å². The van der Waals surface area contributed by atoms with Crippen molar-refractivity contribution in [1.29, 1.82) is 0 Å². The highest BCUT2D eigenvalue weighted by Crippen LogP contribution is 2.23. The number of carbonyl (C=O) groups excluding carboxylic acids is 1. The summed E-state index contributed by atoms with van der Waals surface area (Å²) < 4.78 is 23.3. The van der Waals surface area contributed by atoms with E-state index in [1.165, 1.54) is 18.5 Å². The first-order chi connectivity index (χ1) is 11.2. The molecule has 126 valence electrons. The zero-order chi connectivity index (χ0) is 17.9. The van der Waals surface area contributed by atoms with E-state index in [4.69, 9.17) is 0 Å². The second-order valence-electron chi connectivity index (χ2n) is 5.54. The fourth-order valence-corrected chi connectivity index (χ4v) is 3.21. The Bertz CT molecular complexity index is 874. The highest BCUT2D eigenvalue weighted by atomic mass is 32.2. The standard InChI is InChI=1S/C17H19N3O3S/c1-5-14-9-19-16(10-18-14)20-17(21)12(3)13-6-7-15(11(2)8-13)24(4,22)23/h5-10,12H,1H2,2-4H3,(H,19,20,21)/t12-/m1/s1. The number of rotatable bonds is 5. The van der Waals surface area contributed by atoms with E-state index in [0.29, 0.717) is 17.1 Å². The highest BCUT2D eigenvalue weighted by Gasteiger charge is 2.18. The molecule has 1 N–H and O–H groups in total. The monoisotopic (exact) mass is 345 g/mol. The fraction of sp³-hybridized carbons (Fsp3) is 0.235. The summed E-state index contributed by atoms with van der Waals surface area (Å²) in [5, 5.41) is 2.69. The lowest BCUT2D eigenvalue weighted by Gasteiger charge is -2.14. The minimum absolute atomic E-state index is 0.248. The number of aromatic nitrogens is 2. The lowest BCUT2D eigenvalue weighted by molar-refractivity contribution is -0.117. The molecular formula is C17H19N3O3S. The number of benzene rings is 1. The molecule has 24 heavy (non-hydrogen) atoms. The van der Waals surface area contributed by atoms with Crippen molar-refractivity contribution in [2.45, 2.75) is 24.7 Å². The van der Waals surface area contributed by atoms with Crippen molar-refractivity contribution >= 4 is 27.6 Å². The Morgan fingerprint density at radius 3 is 2.50 bits per heavy atom. The third-order valence-electron chi connectivity index (χ3n) is 3.62. The molecule has 2 aromatic rings. The molecule has 0 saturated heterocycles. The molecule has 1 aromatic carbocycles. The molecule has 1 heterocycles. The number of nitrogens with zero attached hydrogens (tertiary/aromatic N) is 2. The van der Waals surface area contributed by atoms with Gasteiger partial charge in [-0.2, -0.15) is 0 Å². The molecule has 0 aliphatic carbocycles. The van der Waals surface area contributed by atoms with Gasteiger partial charge in [0, 0.05) is 6.26 Å². The second-order valence-corrected chi connectivity index (χ2v) is 7.52. The molecule has 0 fully saturated rings. The smallest absolute Gasteiger partial charge is 0.232 e. The van der Waals surface area contributed by atoms with Gasteiger partial charge in [-0.25, -0.2) is 13.4 Å². The molecule has 6 nitrogen and oxygen atoms in total. The van der Waals surface area contributed by atoms with Gasteiger partial charge in [-0.1, -0.05) is 18.7 Å². The molecule has 0 radical (unpaired) electrons. The number of carbonyl (C=O) groups is 1. The van der Waals surface area contributed by atoms with E-state index < -0.39 is 15.8 Å². The Hall–Kier alpha value is -2.54. The predicted molar refractivity (Wildman–Crippen MR) is 93.5 cm³/mol. The van der Waals surface area contributed by atoms with Gasteiger partial charge in [-0.3, -0.25) is 9.78 Å². The van der Waals surface area contributed by atoms with Gasteiger partial charge in [-0.05, 0) is 37.1 Å². The maximum atomic E-state index is 12.3. The van der Waals surface area contributed by atoms with Crippen LogP contribution < -0.4 is 5.32 Å². The van der Waals surface area contributed by atoms with Gasteiger partial charge in [0.05, 0.1) is 28.9 Å². The summed E-state index contributed by atoms with van der Waals surface area (Å²) in [4.78, 5) is 20.8. The van der Waals surface area contributed by atoms with Gasteiger partial charge < -0.3 is 5.32 Å². The maximum absolute atomic E-state index is 12.3. The average molecular weight is 345 g/mol. The average Bonchev–Trinajstić information content (AvgIpc) is 2.53. The van der Waals surface area contributed by atoms with Crippen molar-refractivity contribution in [3.05, 3.63) is 54.0 Å². The van der Waals surface area contributed by atoms with E-state index in [0.717, 1.165) is 11.8 Å². The minimum atomic E-state index is -3.28. The summed E-state index contributed by atoms with van der Waals surface area (Å²) in [6.07, 6.45) is 5.70. The highest BCUT2D eigenvalue weighted by molar-refractivity contribution is 7.90. The quantitative estimate of drug-likeness (QED) is 0.899. The topological polar surface area (TPSA) is 89.0 Å². The predicted octanol–water partition coefficient (Wildman–Crippen LogP) is 2.57. The number of anilines is 1. The van der Waals surface area contributed by atoms with E-state index in [-0.39, 0.29) is 10.8 Å². The Morgan fingerprint density at radius 2 is 2.00 bits per heavy atom.